The molecule has 0 fully saturated rings. The Labute approximate surface area is 122 Å². The predicted octanol–water partition coefficient (Wildman–Crippen LogP) is -0.925. The average Bonchev–Trinajstić information content (AvgIpc) is 2.19. The van der Waals surface area contributed by atoms with Gasteiger partial charge in [0, 0.05) is 19.3 Å². The molecule has 0 heterocycles. The molecule has 0 amide bonds. The highest BCUT2D eigenvalue weighted by Gasteiger charge is 1.81. The van der Waals surface area contributed by atoms with E-state index in [1.54, 1.807) is 20.8 Å². The molecule has 3 N–H and O–H groups in total. The molecule has 8 heteroatoms. The number of carbonyl (C=O) groups is 3. The van der Waals surface area contributed by atoms with Crippen LogP contribution in [0, 0.1) is 0 Å². The first-order valence-corrected chi connectivity index (χ1v) is 4.47. The van der Waals surface area contributed by atoms with Crippen molar-refractivity contribution in [3.8, 4) is 0 Å². The minimum Gasteiger partial charge on any atom is -0.481 e. The first kappa shape index (κ1) is 30.0. The highest BCUT2D eigenvalue weighted by atomic mass is 27.0. The van der Waals surface area contributed by atoms with E-state index >= 15 is 0 Å². The van der Waals surface area contributed by atoms with Crippen LogP contribution in [-0.2, 0) is 14.4 Å². The van der Waals surface area contributed by atoms with E-state index in [9.17, 15) is 14.4 Å². The molecular formula is C9H24Al2O6. The van der Waals surface area contributed by atoms with Gasteiger partial charge in [0.25, 0.3) is 0 Å². The maximum atomic E-state index is 9.37. The molecule has 0 spiro atoms. The Hall–Kier alpha value is -0.525. The van der Waals surface area contributed by atoms with Crippen molar-refractivity contribution in [3.05, 3.63) is 0 Å². The van der Waals surface area contributed by atoms with Gasteiger partial charge >= 0.3 is 17.9 Å². The molecule has 0 aliphatic carbocycles. The lowest BCUT2D eigenvalue weighted by Gasteiger charge is -1.71. The number of hydrogen-bond donors (Lipinski definition) is 3. The molecule has 0 aromatic carbocycles. The smallest absolute Gasteiger partial charge is 0.303 e. The van der Waals surface area contributed by atoms with Gasteiger partial charge in [-0.1, -0.05) is 20.8 Å². The summed E-state index contributed by atoms with van der Waals surface area (Å²) in [7, 11) is 0. The van der Waals surface area contributed by atoms with Crippen molar-refractivity contribution < 1.29 is 29.7 Å². The van der Waals surface area contributed by atoms with E-state index in [0.29, 0.717) is 0 Å². The largest absolute Gasteiger partial charge is 0.481 e. The summed E-state index contributed by atoms with van der Waals surface area (Å²) >= 11 is 0. The van der Waals surface area contributed by atoms with Gasteiger partial charge in [-0.3, -0.25) is 14.4 Å². The molecule has 0 rings (SSSR count). The maximum absolute atomic E-state index is 9.37. The van der Waals surface area contributed by atoms with Crippen LogP contribution >= 0.6 is 0 Å². The quantitative estimate of drug-likeness (QED) is 0.577. The van der Waals surface area contributed by atoms with Gasteiger partial charge in [-0.15, -0.1) is 0 Å². The third-order valence-corrected chi connectivity index (χ3v) is 0.907. The number of carboxylic acid groups (broad SMARTS) is 3. The Bertz CT molecular complexity index is 163. The summed E-state index contributed by atoms with van der Waals surface area (Å²) in [5.41, 5.74) is 0. The molecule has 0 saturated heterocycles. The molecule has 0 bridgehead atoms. The minimum absolute atomic E-state index is 0. The first-order chi connectivity index (χ1) is 6.81. The van der Waals surface area contributed by atoms with Crippen molar-refractivity contribution in [1.82, 2.24) is 0 Å². The topological polar surface area (TPSA) is 112 Å². The van der Waals surface area contributed by atoms with Gasteiger partial charge in [-0.05, 0) is 0 Å². The molecule has 17 heavy (non-hydrogen) atoms. The van der Waals surface area contributed by atoms with Gasteiger partial charge in [0.2, 0.25) is 0 Å². The standard InChI is InChI=1S/3C3H6O2.2Al.6H/c3*1-2-3(4)5;;;;;;;;/h3*2H2,1H3,(H,4,5);;;;;;;;. The van der Waals surface area contributed by atoms with E-state index in [1.165, 1.54) is 0 Å². The lowest BCUT2D eigenvalue weighted by molar-refractivity contribution is -0.137. The molecule has 0 aliphatic rings. The lowest BCUT2D eigenvalue weighted by Crippen LogP contribution is -1.86. The Morgan fingerprint density at radius 2 is 0.706 bits per heavy atom. The zero-order chi connectivity index (χ0) is 12.9. The summed E-state index contributed by atoms with van der Waals surface area (Å²) < 4.78 is 0. The molecule has 0 aromatic heterocycles. The van der Waals surface area contributed by atoms with Crippen molar-refractivity contribution in [2.45, 2.75) is 40.0 Å². The fourth-order valence-corrected chi connectivity index (χ4v) is 0. The number of hydrogen-bond acceptors (Lipinski definition) is 3. The number of carboxylic acids is 3. The van der Waals surface area contributed by atoms with Crippen LogP contribution in [0.5, 0.6) is 0 Å². The number of rotatable bonds is 3. The van der Waals surface area contributed by atoms with Crippen LogP contribution in [0.2, 0.25) is 0 Å². The highest BCUT2D eigenvalue weighted by molar-refractivity contribution is 5.76. The summed E-state index contributed by atoms with van der Waals surface area (Å²) in [5.74, 6) is -2.24. The SMILES string of the molecule is CCC(=O)O.CCC(=O)O.CCC(=O)O.[AlH3].[AlH3]. The number of aliphatic carboxylic acids is 3. The third-order valence-electron chi connectivity index (χ3n) is 0.907. The van der Waals surface area contributed by atoms with Gasteiger partial charge < -0.3 is 15.3 Å². The van der Waals surface area contributed by atoms with Crippen LogP contribution < -0.4 is 0 Å². The van der Waals surface area contributed by atoms with Crippen molar-refractivity contribution in [2.75, 3.05) is 0 Å². The second-order valence-electron chi connectivity index (χ2n) is 2.24. The predicted molar refractivity (Wildman–Crippen MR) is 73.7 cm³/mol. The van der Waals surface area contributed by atoms with Crippen molar-refractivity contribution >= 4 is 52.6 Å². The highest BCUT2D eigenvalue weighted by Crippen LogP contribution is 1.68. The summed E-state index contributed by atoms with van der Waals surface area (Å²) in [6.45, 7) is 4.80. The normalized spacial score (nSPS) is 6.53. The van der Waals surface area contributed by atoms with Crippen LogP contribution in [0.15, 0.2) is 0 Å². The molecular weight excluding hydrogens is 258 g/mol. The Kier molecular flexibility index (Phi) is 43.4. The fourth-order valence-electron chi connectivity index (χ4n) is 0. The second-order valence-corrected chi connectivity index (χ2v) is 2.24. The van der Waals surface area contributed by atoms with Gasteiger partial charge in [-0.2, -0.15) is 0 Å². The van der Waals surface area contributed by atoms with E-state index in [2.05, 4.69) is 0 Å². The first-order valence-electron chi connectivity index (χ1n) is 4.47. The molecule has 0 unspecified atom stereocenters. The third kappa shape index (κ3) is 93.7. The summed E-state index contributed by atoms with van der Waals surface area (Å²) in [5, 5.41) is 23.2. The minimum atomic E-state index is -0.745. The van der Waals surface area contributed by atoms with E-state index in [1.807, 2.05) is 0 Å². The Morgan fingerprint density at radius 1 is 0.647 bits per heavy atom. The Morgan fingerprint density at radius 3 is 0.706 bits per heavy atom. The molecule has 0 radical (unpaired) electrons. The van der Waals surface area contributed by atoms with Crippen LogP contribution in [0.1, 0.15) is 40.0 Å². The molecule has 0 saturated carbocycles. The van der Waals surface area contributed by atoms with Crippen molar-refractivity contribution in [3.63, 3.8) is 0 Å². The van der Waals surface area contributed by atoms with Gasteiger partial charge in [0.15, 0.2) is 34.7 Å². The van der Waals surface area contributed by atoms with Crippen LogP contribution in [0.3, 0.4) is 0 Å². The van der Waals surface area contributed by atoms with Crippen molar-refractivity contribution in [1.29, 1.82) is 0 Å². The van der Waals surface area contributed by atoms with Gasteiger partial charge in [-0.25, -0.2) is 0 Å². The summed E-state index contributed by atoms with van der Waals surface area (Å²) in [6.07, 6.45) is 0.667. The maximum Gasteiger partial charge on any atom is 0.303 e. The fraction of sp³-hybridized carbons (Fsp3) is 0.667. The molecule has 0 atom stereocenters. The van der Waals surface area contributed by atoms with Crippen LogP contribution in [0.4, 0.5) is 0 Å². The Balaban J connectivity index is -0.0000000400. The second kappa shape index (κ2) is 24.6. The molecule has 0 aromatic rings. The average molecular weight is 282 g/mol. The zero-order valence-electron chi connectivity index (χ0n) is 9.19. The monoisotopic (exact) mass is 282 g/mol. The van der Waals surface area contributed by atoms with Crippen LogP contribution in [0.25, 0.3) is 0 Å². The molecule has 0 aliphatic heterocycles. The summed E-state index contributed by atoms with van der Waals surface area (Å²) in [4.78, 5) is 28.1. The summed E-state index contributed by atoms with van der Waals surface area (Å²) in [6, 6.07) is 0. The van der Waals surface area contributed by atoms with E-state index in [0.717, 1.165) is 0 Å². The van der Waals surface area contributed by atoms with Crippen LogP contribution in [-0.4, -0.2) is 67.9 Å². The van der Waals surface area contributed by atoms with E-state index < -0.39 is 17.9 Å². The lowest BCUT2D eigenvalue weighted by atomic mass is 10.5. The zero-order valence-corrected chi connectivity index (χ0v) is 9.19. The molecule has 6 nitrogen and oxygen atoms in total. The molecule has 102 valence electrons. The van der Waals surface area contributed by atoms with E-state index in [4.69, 9.17) is 15.3 Å². The van der Waals surface area contributed by atoms with Gasteiger partial charge in [0.1, 0.15) is 0 Å². The van der Waals surface area contributed by atoms with Gasteiger partial charge in [0.05, 0.1) is 0 Å². The van der Waals surface area contributed by atoms with E-state index in [-0.39, 0.29) is 54.0 Å². The van der Waals surface area contributed by atoms with Crippen molar-refractivity contribution in [2.24, 2.45) is 0 Å².